The van der Waals surface area contributed by atoms with Gasteiger partial charge in [-0.3, -0.25) is 0 Å². The van der Waals surface area contributed by atoms with Crippen molar-refractivity contribution in [2.75, 3.05) is 0 Å². The van der Waals surface area contributed by atoms with Gasteiger partial charge in [0.1, 0.15) is 0 Å². The molecule has 262 valence electrons. The molecule has 9 aromatic carbocycles. The van der Waals surface area contributed by atoms with Crippen molar-refractivity contribution in [3.8, 4) is 55.9 Å². The zero-order valence-electron chi connectivity index (χ0n) is 30.7. The molecule has 2 nitrogen and oxygen atoms in total. The molecule has 2 aromatic heterocycles. The van der Waals surface area contributed by atoms with Crippen molar-refractivity contribution in [2.24, 2.45) is 0 Å². The fourth-order valence-corrected chi connectivity index (χ4v) is 8.75. The molecule has 2 heteroatoms. The second-order valence-electron chi connectivity index (χ2n) is 14.6. The van der Waals surface area contributed by atoms with Crippen molar-refractivity contribution in [3.05, 3.63) is 218 Å². The summed E-state index contributed by atoms with van der Waals surface area (Å²) >= 11 is 0. The normalized spacial score (nSPS) is 11.6. The fraction of sp³-hybridized carbons (Fsp3) is 0. The van der Waals surface area contributed by atoms with Gasteiger partial charge in [0.25, 0.3) is 0 Å². The Morgan fingerprint density at radius 3 is 1.39 bits per heavy atom. The van der Waals surface area contributed by atoms with Gasteiger partial charge in [-0.15, -0.1) is 0 Å². The summed E-state index contributed by atoms with van der Waals surface area (Å²) in [5.74, 6) is 0. The first-order valence-corrected chi connectivity index (χ1v) is 19.3. The Hall–Kier alpha value is -7.42. The van der Waals surface area contributed by atoms with E-state index in [0.29, 0.717) is 0 Å². The van der Waals surface area contributed by atoms with Gasteiger partial charge in [0.05, 0.1) is 22.1 Å². The van der Waals surface area contributed by atoms with E-state index in [1.807, 2.05) is 0 Å². The van der Waals surface area contributed by atoms with Crippen molar-refractivity contribution in [2.45, 2.75) is 0 Å². The molecule has 0 N–H and O–H groups in total. The van der Waals surface area contributed by atoms with Gasteiger partial charge >= 0.3 is 0 Å². The molecular formula is C54H36N2. The molecule has 0 aliphatic rings. The van der Waals surface area contributed by atoms with Crippen LogP contribution in [0.5, 0.6) is 0 Å². The van der Waals surface area contributed by atoms with E-state index in [9.17, 15) is 0 Å². The van der Waals surface area contributed by atoms with Crippen LogP contribution in [0.3, 0.4) is 0 Å². The summed E-state index contributed by atoms with van der Waals surface area (Å²) < 4.78 is 4.86. The second-order valence-corrected chi connectivity index (χ2v) is 14.6. The van der Waals surface area contributed by atoms with E-state index in [4.69, 9.17) is 0 Å². The summed E-state index contributed by atoms with van der Waals surface area (Å²) in [5, 5.41) is 4.98. The van der Waals surface area contributed by atoms with E-state index in [0.717, 1.165) is 11.4 Å². The first-order valence-electron chi connectivity index (χ1n) is 19.3. The molecule has 0 spiro atoms. The smallest absolute Gasteiger partial charge is 0.0547 e. The molecule has 11 rings (SSSR count). The largest absolute Gasteiger partial charge is 0.309 e. The Labute approximate surface area is 325 Å². The van der Waals surface area contributed by atoms with Gasteiger partial charge in [0.15, 0.2) is 0 Å². The summed E-state index contributed by atoms with van der Waals surface area (Å²) in [6, 6.07) is 79.4. The first kappa shape index (κ1) is 32.0. The van der Waals surface area contributed by atoms with Crippen LogP contribution in [0.25, 0.3) is 99.5 Å². The van der Waals surface area contributed by atoms with E-state index >= 15 is 0 Å². The van der Waals surface area contributed by atoms with E-state index < -0.39 is 0 Å². The molecule has 0 unspecified atom stereocenters. The minimum Gasteiger partial charge on any atom is -0.309 e. The van der Waals surface area contributed by atoms with Gasteiger partial charge in [-0.2, -0.15) is 0 Å². The maximum absolute atomic E-state index is 2.45. The first-order chi connectivity index (χ1) is 27.8. The lowest BCUT2D eigenvalue weighted by Crippen LogP contribution is -1.96. The van der Waals surface area contributed by atoms with Crippen LogP contribution in [-0.2, 0) is 0 Å². The quantitative estimate of drug-likeness (QED) is 0.162. The monoisotopic (exact) mass is 712 g/mol. The Bertz CT molecular complexity index is 3240. The molecule has 0 atom stereocenters. The summed E-state index contributed by atoms with van der Waals surface area (Å²) in [5.41, 5.74) is 16.8. The highest BCUT2D eigenvalue weighted by Crippen LogP contribution is 2.41. The fourth-order valence-electron chi connectivity index (χ4n) is 8.75. The number of aromatic nitrogens is 2. The topological polar surface area (TPSA) is 9.86 Å². The maximum atomic E-state index is 2.45. The van der Waals surface area contributed by atoms with E-state index in [-0.39, 0.29) is 0 Å². The average Bonchev–Trinajstić information content (AvgIpc) is 3.80. The third-order valence-electron chi connectivity index (χ3n) is 11.3. The lowest BCUT2D eigenvalue weighted by atomic mass is 9.96. The molecule has 0 amide bonds. The number of benzene rings is 9. The number of para-hydroxylation sites is 2. The van der Waals surface area contributed by atoms with Crippen LogP contribution in [0.1, 0.15) is 0 Å². The average molecular weight is 713 g/mol. The molecule has 0 bridgehead atoms. The van der Waals surface area contributed by atoms with Crippen LogP contribution >= 0.6 is 0 Å². The molecule has 0 aliphatic heterocycles. The summed E-state index contributed by atoms with van der Waals surface area (Å²) in [6.45, 7) is 0. The van der Waals surface area contributed by atoms with Crippen molar-refractivity contribution in [1.29, 1.82) is 0 Å². The van der Waals surface area contributed by atoms with Crippen LogP contribution in [0, 0.1) is 0 Å². The van der Waals surface area contributed by atoms with E-state index in [2.05, 4.69) is 228 Å². The van der Waals surface area contributed by atoms with Crippen molar-refractivity contribution < 1.29 is 0 Å². The van der Waals surface area contributed by atoms with Crippen LogP contribution in [0.15, 0.2) is 218 Å². The number of fused-ring (bicyclic) bond motifs is 6. The summed E-state index contributed by atoms with van der Waals surface area (Å²) in [4.78, 5) is 0. The molecule has 2 heterocycles. The summed E-state index contributed by atoms with van der Waals surface area (Å²) in [6.07, 6.45) is 0. The van der Waals surface area contributed by atoms with Crippen LogP contribution < -0.4 is 0 Å². The van der Waals surface area contributed by atoms with Crippen LogP contribution in [0.4, 0.5) is 0 Å². The molecule has 56 heavy (non-hydrogen) atoms. The number of nitrogens with zero attached hydrogens (tertiary/aromatic N) is 2. The van der Waals surface area contributed by atoms with Crippen molar-refractivity contribution in [1.82, 2.24) is 9.13 Å². The lowest BCUT2D eigenvalue weighted by molar-refractivity contribution is 1.17. The molecule has 0 aliphatic carbocycles. The predicted molar refractivity (Wildman–Crippen MR) is 237 cm³/mol. The van der Waals surface area contributed by atoms with Crippen molar-refractivity contribution >= 4 is 43.6 Å². The minimum absolute atomic E-state index is 1.14. The molecule has 0 radical (unpaired) electrons. The minimum atomic E-state index is 1.14. The van der Waals surface area contributed by atoms with Gasteiger partial charge < -0.3 is 9.13 Å². The zero-order valence-corrected chi connectivity index (χ0v) is 30.7. The van der Waals surface area contributed by atoms with Crippen LogP contribution in [-0.4, -0.2) is 9.13 Å². The Morgan fingerprint density at radius 2 is 0.679 bits per heavy atom. The van der Waals surface area contributed by atoms with Gasteiger partial charge in [0, 0.05) is 32.9 Å². The van der Waals surface area contributed by atoms with E-state index in [1.165, 1.54) is 88.1 Å². The van der Waals surface area contributed by atoms with E-state index in [1.54, 1.807) is 0 Å². The standard InChI is InChI=1S/C54H36N2/c1-3-15-37(16-4-1)39-19-11-21-41(33-39)42-22-13-24-44(35-42)55-50-28-9-7-25-47(50)49-36-45(31-32-52(49)55)56-51-29-10-8-26-48(51)54-46(27-14-30-53(54)56)43-23-12-20-40(34-43)38-17-5-2-6-18-38/h1-36H. The maximum Gasteiger partial charge on any atom is 0.0547 e. The highest BCUT2D eigenvalue weighted by molar-refractivity contribution is 6.16. The SMILES string of the molecule is c1ccc(-c2cccc(-c3cccc(-n4c5ccccc5c5cc(-n6c7ccccc7c7c(-c8cccc(-c9ccccc9)c8)cccc76)ccc54)c3)c2)cc1. The lowest BCUT2D eigenvalue weighted by Gasteiger charge is -2.12. The zero-order chi connectivity index (χ0) is 37.0. The highest BCUT2D eigenvalue weighted by Gasteiger charge is 2.19. The van der Waals surface area contributed by atoms with Gasteiger partial charge in [-0.1, -0.05) is 158 Å². The highest BCUT2D eigenvalue weighted by atomic mass is 15.0. The number of rotatable bonds is 6. The third kappa shape index (κ3) is 5.26. The van der Waals surface area contributed by atoms with Gasteiger partial charge in [-0.05, 0) is 105 Å². The second kappa shape index (κ2) is 13.2. The molecule has 0 saturated carbocycles. The molecule has 11 aromatic rings. The predicted octanol–water partition coefficient (Wildman–Crippen LogP) is 14.5. The van der Waals surface area contributed by atoms with Crippen molar-refractivity contribution in [3.63, 3.8) is 0 Å². The Kier molecular flexibility index (Phi) is 7.53. The molecule has 0 fully saturated rings. The van der Waals surface area contributed by atoms with Gasteiger partial charge in [0.2, 0.25) is 0 Å². The third-order valence-corrected chi connectivity index (χ3v) is 11.3. The number of hydrogen-bond acceptors (Lipinski definition) is 0. The summed E-state index contributed by atoms with van der Waals surface area (Å²) in [7, 11) is 0. The Morgan fingerprint density at radius 1 is 0.232 bits per heavy atom. The molecule has 0 saturated heterocycles. The van der Waals surface area contributed by atoms with Gasteiger partial charge in [-0.25, -0.2) is 0 Å². The number of hydrogen-bond donors (Lipinski definition) is 0. The molecular weight excluding hydrogens is 677 g/mol. The Balaban J connectivity index is 1.07. The van der Waals surface area contributed by atoms with Crippen LogP contribution in [0.2, 0.25) is 0 Å².